The zero-order chi connectivity index (χ0) is 13.2. The second-order valence-corrected chi connectivity index (χ2v) is 5.28. The van der Waals surface area contributed by atoms with Crippen LogP contribution >= 0.6 is 0 Å². The summed E-state index contributed by atoms with van der Waals surface area (Å²) in [5.41, 5.74) is 4.07. The normalized spacial score (nSPS) is 18.9. The summed E-state index contributed by atoms with van der Waals surface area (Å²) >= 11 is 0. The minimum Gasteiger partial charge on any atom is -0.361 e. The Kier molecular flexibility index (Phi) is 3.34. The third kappa shape index (κ3) is 2.54. The first-order valence-electron chi connectivity index (χ1n) is 6.84. The van der Waals surface area contributed by atoms with Gasteiger partial charge < -0.3 is 9.84 Å². The van der Waals surface area contributed by atoms with Crippen LogP contribution < -0.4 is 5.32 Å². The molecule has 0 aromatic carbocycles. The molecule has 19 heavy (non-hydrogen) atoms. The minimum atomic E-state index is 0.715. The Hall–Kier alpha value is -1.68. The first kappa shape index (κ1) is 12.4. The molecule has 4 nitrogen and oxygen atoms in total. The van der Waals surface area contributed by atoms with Gasteiger partial charge in [0.15, 0.2) is 0 Å². The Labute approximate surface area is 113 Å². The molecular weight excluding hydrogens is 238 g/mol. The molecule has 0 unspecified atom stereocenters. The molecule has 0 spiro atoms. The van der Waals surface area contributed by atoms with Gasteiger partial charge >= 0.3 is 0 Å². The molecule has 0 radical (unpaired) electrons. The van der Waals surface area contributed by atoms with Gasteiger partial charge in [0.1, 0.15) is 5.76 Å². The van der Waals surface area contributed by atoms with Gasteiger partial charge in [0, 0.05) is 5.69 Å². The summed E-state index contributed by atoms with van der Waals surface area (Å²) < 4.78 is 5.22. The maximum Gasteiger partial charge on any atom is 0.143 e. The molecule has 100 valence electrons. The molecule has 1 aliphatic rings. The van der Waals surface area contributed by atoms with E-state index in [0.717, 1.165) is 47.9 Å². The minimum absolute atomic E-state index is 0.715. The summed E-state index contributed by atoms with van der Waals surface area (Å²) in [6, 6.07) is 6.22. The average molecular weight is 257 g/mol. The number of hydrogen-bond acceptors (Lipinski definition) is 4. The van der Waals surface area contributed by atoms with E-state index in [4.69, 9.17) is 9.51 Å². The molecule has 1 atom stereocenters. The molecule has 4 heteroatoms. The van der Waals surface area contributed by atoms with Gasteiger partial charge in [-0.15, -0.1) is 0 Å². The maximum atomic E-state index is 5.22. The van der Waals surface area contributed by atoms with Crippen LogP contribution in [-0.2, 0) is 6.42 Å². The highest BCUT2D eigenvalue weighted by Crippen LogP contribution is 2.25. The third-order valence-corrected chi connectivity index (χ3v) is 3.76. The molecule has 2 aromatic rings. The fourth-order valence-corrected chi connectivity index (χ4v) is 2.77. The monoisotopic (exact) mass is 257 g/mol. The van der Waals surface area contributed by atoms with Crippen LogP contribution in [0.5, 0.6) is 0 Å². The lowest BCUT2D eigenvalue weighted by Crippen LogP contribution is -2.11. The molecule has 0 aliphatic carbocycles. The number of aromatic nitrogens is 2. The number of rotatable bonds is 3. The number of hydrogen-bond donors (Lipinski definition) is 1. The van der Waals surface area contributed by atoms with Gasteiger partial charge in [0.2, 0.25) is 0 Å². The number of pyridine rings is 1. The van der Waals surface area contributed by atoms with Gasteiger partial charge in [0.05, 0.1) is 17.0 Å². The molecular formula is C15H19N3O. The summed E-state index contributed by atoms with van der Waals surface area (Å²) in [6.07, 6.45) is 2.29. The SMILES string of the molecule is Cc1noc(C)c1-c1cccc(C[C@H]2CCNC2)n1. The van der Waals surface area contributed by atoms with Crippen LogP contribution in [0.3, 0.4) is 0 Å². The lowest BCUT2D eigenvalue weighted by Gasteiger charge is -2.08. The van der Waals surface area contributed by atoms with Crippen molar-refractivity contribution in [1.82, 2.24) is 15.5 Å². The second kappa shape index (κ2) is 5.13. The van der Waals surface area contributed by atoms with E-state index in [0.29, 0.717) is 5.92 Å². The predicted octanol–water partition coefficient (Wildman–Crippen LogP) is 2.51. The summed E-state index contributed by atoms with van der Waals surface area (Å²) in [6.45, 7) is 6.14. The molecule has 0 saturated carbocycles. The molecule has 0 bridgehead atoms. The van der Waals surface area contributed by atoms with Crippen LogP contribution in [-0.4, -0.2) is 23.2 Å². The number of nitrogens with zero attached hydrogens (tertiary/aromatic N) is 2. The zero-order valence-corrected chi connectivity index (χ0v) is 11.4. The van der Waals surface area contributed by atoms with E-state index in [1.165, 1.54) is 6.42 Å². The Morgan fingerprint density at radius 1 is 1.37 bits per heavy atom. The fraction of sp³-hybridized carbons (Fsp3) is 0.467. The summed E-state index contributed by atoms with van der Waals surface area (Å²) in [4.78, 5) is 4.77. The van der Waals surface area contributed by atoms with Gasteiger partial charge in [-0.25, -0.2) is 0 Å². The molecule has 1 aliphatic heterocycles. The van der Waals surface area contributed by atoms with Crippen molar-refractivity contribution in [1.29, 1.82) is 0 Å². The number of aryl methyl sites for hydroxylation is 2. The van der Waals surface area contributed by atoms with E-state index in [-0.39, 0.29) is 0 Å². The molecule has 1 N–H and O–H groups in total. The van der Waals surface area contributed by atoms with Gasteiger partial charge in [0.25, 0.3) is 0 Å². The quantitative estimate of drug-likeness (QED) is 0.918. The molecule has 1 fully saturated rings. The van der Waals surface area contributed by atoms with E-state index in [9.17, 15) is 0 Å². The molecule has 0 amide bonds. The maximum absolute atomic E-state index is 5.22. The number of nitrogens with one attached hydrogen (secondary N) is 1. The van der Waals surface area contributed by atoms with E-state index >= 15 is 0 Å². The van der Waals surface area contributed by atoms with Crippen LogP contribution in [0.2, 0.25) is 0 Å². The fourth-order valence-electron chi connectivity index (χ4n) is 2.77. The largest absolute Gasteiger partial charge is 0.361 e. The van der Waals surface area contributed by atoms with Crippen LogP contribution in [0.25, 0.3) is 11.3 Å². The zero-order valence-electron chi connectivity index (χ0n) is 11.4. The van der Waals surface area contributed by atoms with Crippen molar-refractivity contribution in [3.63, 3.8) is 0 Å². The van der Waals surface area contributed by atoms with E-state index in [2.05, 4.69) is 22.6 Å². The average Bonchev–Trinajstić information content (AvgIpc) is 3.00. The Morgan fingerprint density at radius 3 is 2.95 bits per heavy atom. The second-order valence-electron chi connectivity index (χ2n) is 5.28. The van der Waals surface area contributed by atoms with Crippen LogP contribution in [0.4, 0.5) is 0 Å². The highest BCUT2D eigenvalue weighted by atomic mass is 16.5. The van der Waals surface area contributed by atoms with Crippen LogP contribution in [0.15, 0.2) is 22.7 Å². The Bertz CT molecular complexity index is 551. The van der Waals surface area contributed by atoms with Crippen LogP contribution in [0, 0.1) is 19.8 Å². The summed E-state index contributed by atoms with van der Waals surface area (Å²) in [5.74, 6) is 1.55. The van der Waals surface area contributed by atoms with Crippen molar-refractivity contribution < 1.29 is 4.52 Å². The smallest absolute Gasteiger partial charge is 0.143 e. The van der Waals surface area contributed by atoms with Gasteiger partial charge in [-0.3, -0.25) is 4.98 Å². The third-order valence-electron chi connectivity index (χ3n) is 3.76. The molecule has 3 rings (SSSR count). The van der Waals surface area contributed by atoms with E-state index in [1.54, 1.807) is 0 Å². The van der Waals surface area contributed by atoms with Gasteiger partial charge in [-0.1, -0.05) is 11.2 Å². The lowest BCUT2D eigenvalue weighted by molar-refractivity contribution is 0.393. The van der Waals surface area contributed by atoms with Crippen molar-refractivity contribution >= 4 is 0 Å². The predicted molar refractivity (Wildman–Crippen MR) is 73.9 cm³/mol. The molecule has 2 aromatic heterocycles. The standard InChI is InChI=1S/C15H19N3O/c1-10-15(11(2)19-18-10)14-5-3-4-13(17-14)8-12-6-7-16-9-12/h3-5,12,16H,6-9H2,1-2H3/t12-/m1/s1. The van der Waals surface area contributed by atoms with Crippen molar-refractivity contribution in [3.05, 3.63) is 35.3 Å². The highest BCUT2D eigenvalue weighted by Gasteiger charge is 2.17. The van der Waals surface area contributed by atoms with Crippen molar-refractivity contribution in [2.75, 3.05) is 13.1 Å². The topological polar surface area (TPSA) is 51.0 Å². The van der Waals surface area contributed by atoms with Crippen molar-refractivity contribution in [2.45, 2.75) is 26.7 Å². The van der Waals surface area contributed by atoms with E-state index in [1.807, 2.05) is 19.9 Å². The first-order chi connectivity index (χ1) is 9.24. The highest BCUT2D eigenvalue weighted by molar-refractivity contribution is 5.63. The van der Waals surface area contributed by atoms with Gasteiger partial charge in [-0.2, -0.15) is 0 Å². The molecule has 3 heterocycles. The lowest BCUT2D eigenvalue weighted by atomic mass is 10.0. The van der Waals surface area contributed by atoms with Crippen molar-refractivity contribution in [3.8, 4) is 11.3 Å². The summed E-state index contributed by atoms with van der Waals surface area (Å²) in [5, 5.41) is 7.40. The molecule has 1 saturated heterocycles. The Morgan fingerprint density at radius 2 is 2.26 bits per heavy atom. The van der Waals surface area contributed by atoms with E-state index < -0.39 is 0 Å². The first-order valence-corrected chi connectivity index (χ1v) is 6.84. The Balaban J connectivity index is 1.87. The van der Waals surface area contributed by atoms with Crippen LogP contribution in [0.1, 0.15) is 23.6 Å². The summed E-state index contributed by atoms with van der Waals surface area (Å²) in [7, 11) is 0. The van der Waals surface area contributed by atoms with Gasteiger partial charge in [-0.05, 0) is 57.8 Å². The van der Waals surface area contributed by atoms with Crippen molar-refractivity contribution in [2.24, 2.45) is 5.92 Å².